The number of benzene rings is 2. The highest BCUT2D eigenvalue weighted by atomic mass is 16.6. The van der Waals surface area contributed by atoms with E-state index in [4.69, 9.17) is 9.47 Å². The first-order valence-electron chi connectivity index (χ1n) is 9.66. The third-order valence-electron chi connectivity index (χ3n) is 4.84. The van der Waals surface area contributed by atoms with Crippen LogP contribution in [0.4, 0.5) is 5.69 Å². The third-order valence-corrected chi connectivity index (χ3v) is 4.84. The van der Waals surface area contributed by atoms with Gasteiger partial charge in [-0.3, -0.25) is 19.8 Å². The first kappa shape index (κ1) is 20.8. The van der Waals surface area contributed by atoms with Crippen molar-refractivity contribution in [1.29, 1.82) is 0 Å². The van der Waals surface area contributed by atoms with Crippen LogP contribution in [0.15, 0.2) is 48.5 Å². The van der Waals surface area contributed by atoms with E-state index >= 15 is 0 Å². The minimum absolute atomic E-state index is 0.00161. The fourth-order valence-electron chi connectivity index (χ4n) is 3.39. The molecule has 8 nitrogen and oxygen atoms in total. The van der Waals surface area contributed by atoms with E-state index in [2.05, 4.69) is 10.2 Å². The summed E-state index contributed by atoms with van der Waals surface area (Å²) < 4.78 is 10.7. The van der Waals surface area contributed by atoms with Gasteiger partial charge in [0.15, 0.2) is 5.75 Å². The molecular formula is C21H25N3O5. The molecule has 1 fully saturated rings. The number of nitrogens with one attached hydrogen (secondary N) is 1. The molecule has 1 heterocycles. The summed E-state index contributed by atoms with van der Waals surface area (Å²) >= 11 is 0. The van der Waals surface area contributed by atoms with Gasteiger partial charge in [0.05, 0.1) is 30.8 Å². The Balaban J connectivity index is 1.74. The number of ether oxygens (including phenoxy) is 2. The fourth-order valence-corrected chi connectivity index (χ4v) is 3.39. The molecule has 0 aromatic heterocycles. The Morgan fingerprint density at radius 3 is 2.62 bits per heavy atom. The van der Waals surface area contributed by atoms with E-state index in [9.17, 15) is 14.9 Å². The van der Waals surface area contributed by atoms with E-state index in [0.717, 1.165) is 18.7 Å². The lowest BCUT2D eigenvalue weighted by molar-refractivity contribution is -0.385. The van der Waals surface area contributed by atoms with Crippen LogP contribution in [0.5, 0.6) is 5.75 Å². The molecule has 1 unspecified atom stereocenters. The second kappa shape index (κ2) is 9.99. The van der Waals surface area contributed by atoms with Gasteiger partial charge in [-0.25, -0.2) is 0 Å². The van der Waals surface area contributed by atoms with Gasteiger partial charge in [-0.15, -0.1) is 0 Å². The largest absolute Gasteiger partial charge is 0.487 e. The quantitative estimate of drug-likeness (QED) is 0.542. The number of nitrogens with zero attached hydrogens (tertiary/aromatic N) is 2. The van der Waals surface area contributed by atoms with Crippen LogP contribution in [-0.4, -0.2) is 55.2 Å². The second-order valence-corrected chi connectivity index (χ2v) is 6.66. The monoisotopic (exact) mass is 399 g/mol. The van der Waals surface area contributed by atoms with Crippen LogP contribution in [0.3, 0.4) is 0 Å². The van der Waals surface area contributed by atoms with Crippen LogP contribution >= 0.6 is 0 Å². The zero-order chi connectivity index (χ0) is 20.6. The third kappa shape index (κ3) is 5.30. The van der Waals surface area contributed by atoms with Crippen LogP contribution in [0, 0.1) is 10.1 Å². The Bertz CT molecular complexity index is 837. The molecule has 8 heteroatoms. The molecule has 1 saturated heterocycles. The van der Waals surface area contributed by atoms with Gasteiger partial charge < -0.3 is 14.8 Å². The van der Waals surface area contributed by atoms with E-state index in [-0.39, 0.29) is 28.9 Å². The molecule has 1 atom stereocenters. The normalized spacial score (nSPS) is 15.5. The molecule has 2 aromatic rings. The van der Waals surface area contributed by atoms with Crippen LogP contribution < -0.4 is 10.1 Å². The molecule has 1 aliphatic rings. The molecular weight excluding hydrogens is 374 g/mol. The number of morpholine rings is 1. The van der Waals surface area contributed by atoms with E-state index in [1.807, 2.05) is 30.3 Å². The van der Waals surface area contributed by atoms with E-state index < -0.39 is 4.92 Å². The highest BCUT2D eigenvalue weighted by molar-refractivity contribution is 5.95. The number of nitro benzene ring substituents is 1. The average molecular weight is 399 g/mol. The van der Waals surface area contributed by atoms with Crippen LogP contribution in [0.25, 0.3) is 0 Å². The summed E-state index contributed by atoms with van der Waals surface area (Å²) in [4.78, 5) is 25.7. The number of rotatable bonds is 8. The standard InChI is InChI=1S/C21H25N3O5/c1-2-29-20-9-8-17(14-18(20)24(26)27)21(25)22-15-19(16-6-4-3-5-7-16)23-10-12-28-13-11-23/h3-9,14,19H,2,10-13,15H2,1H3,(H,22,25). The van der Waals surface area contributed by atoms with Gasteiger partial charge in [-0.2, -0.15) is 0 Å². The average Bonchev–Trinajstić information content (AvgIpc) is 2.75. The minimum Gasteiger partial charge on any atom is -0.487 e. The Hall–Kier alpha value is -2.97. The zero-order valence-corrected chi connectivity index (χ0v) is 16.4. The smallest absolute Gasteiger partial charge is 0.311 e. The van der Waals surface area contributed by atoms with Gasteiger partial charge in [-0.05, 0) is 24.6 Å². The molecule has 0 bridgehead atoms. The number of carbonyl (C=O) groups is 1. The lowest BCUT2D eigenvalue weighted by atomic mass is 10.0. The van der Waals surface area contributed by atoms with Crippen molar-refractivity contribution in [3.63, 3.8) is 0 Å². The number of carbonyl (C=O) groups excluding carboxylic acids is 1. The Labute approximate surface area is 169 Å². The van der Waals surface area contributed by atoms with Crippen molar-refractivity contribution >= 4 is 11.6 Å². The predicted octanol–water partition coefficient (Wildman–Crippen LogP) is 2.80. The summed E-state index contributed by atoms with van der Waals surface area (Å²) in [7, 11) is 0. The first-order chi connectivity index (χ1) is 14.1. The van der Waals surface area contributed by atoms with E-state index in [1.165, 1.54) is 12.1 Å². The molecule has 1 amide bonds. The summed E-state index contributed by atoms with van der Waals surface area (Å²) in [5, 5.41) is 14.2. The first-order valence-corrected chi connectivity index (χ1v) is 9.66. The van der Waals surface area contributed by atoms with Crippen molar-refractivity contribution in [3.05, 3.63) is 69.8 Å². The molecule has 0 aliphatic carbocycles. The number of amides is 1. The summed E-state index contributed by atoms with van der Waals surface area (Å²) in [5.41, 5.74) is 1.12. The Morgan fingerprint density at radius 1 is 1.24 bits per heavy atom. The highest BCUT2D eigenvalue weighted by Gasteiger charge is 2.24. The Morgan fingerprint density at radius 2 is 1.97 bits per heavy atom. The van der Waals surface area contributed by atoms with Gasteiger partial charge >= 0.3 is 5.69 Å². The fraction of sp³-hybridized carbons (Fsp3) is 0.381. The summed E-state index contributed by atoms with van der Waals surface area (Å²) in [6.07, 6.45) is 0. The molecule has 1 N–H and O–H groups in total. The maximum absolute atomic E-state index is 12.7. The topological polar surface area (TPSA) is 93.9 Å². The van der Waals surface area contributed by atoms with Gasteiger partial charge in [0.25, 0.3) is 5.91 Å². The summed E-state index contributed by atoms with van der Waals surface area (Å²) in [6.45, 7) is 5.33. The number of hydrogen-bond donors (Lipinski definition) is 1. The minimum atomic E-state index is -0.539. The Kier molecular flexibility index (Phi) is 7.15. The van der Waals surface area contributed by atoms with Crippen molar-refractivity contribution in [2.24, 2.45) is 0 Å². The molecule has 2 aromatic carbocycles. The van der Waals surface area contributed by atoms with Crippen LogP contribution in [0.2, 0.25) is 0 Å². The van der Waals surface area contributed by atoms with Crippen molar-refractivity contribution in [2.45, 2.75) is 13.0 Å². The second-order valence-electron chi connectivity index (χ2n) is 6.66. The lowest BCUT2D eigenvalue weighted by Crippen LogP contribution is -2.43. The molecule has 1 aliphatic heterocycles. The van der Waals surface area contributed by atoms with Gasteiger partial charge in [0.2, 0.25) is 0 Å². The number of nitro groups is 1. The summed E-state index contributed by atoms with van der Waals surface area (Å²) in [6, 6.07) is 14.2. The van der Waals surface area contributed by atoms with Crippen molar-refractivity contribution in [1.82, 2.24) is 10.2 Å². The van der Waals surface area contributed by atoms with Crippen molar-refractivity contribution in [3.8, 4) is 5.75 Å². The summed E-state index contributed by atoms with van der Waals surface area (Å²) in [5.74, 6) is -0.199. The van der Waals surface area contributed by atoms with Crippen LogP contribution in [-0.2, 0) is 4.74 Å². The van der Waals surface area contributed by atoms with Crippen LogP contribution in [0.1, 0.15) is 28.9 Å². The maximum Gasteiger partial charge on any atom is 0.311 e. The molecule has 154 valence electrons. The lowest BCUT2D eigenvalue weighted by Gasteiger charge is -2.35. The van der Waals surface area contributed by atoms with Gasteiger partial charge in [-0.1, -0.05) is 30.3 Å². The highest BCUT2D eigenvalue weighted by Crippen LogP contribution is 2.28. The van der Waals surface area contributed by atoms with Gasteiger partial charge in [0, 0.05) is 31.3 Å². The number of hydrogen-bond acceptors (Lipinski definition) is 6. The van der Waals surface area contributed by atoms with E-state index in [0.29, 0.717) is 26.4 Å². The predicted molar refractivity (Wildman–Crippen MR) is 108 cm³/mol. The van der Waals surface area contributed by atoms with Crippen molar-refractivity contribution < 1.29 is 19.2 Å². The zero-order valence-electron chi connectivity index (χ0n) is 16.4. The van der Waals surface area contributed by atoms with E-state index in [1.54, 1.807) is 13.0 Å². The van der Waals surface area contributed by atoms with Gasteiger partial charge in [0.1, 0.15) is 0 Å². The molecule has 0 radical (unpaired) electrons. The SMILES string of the molecule is CCOc1ccc(C(=O)NCC(c2ccccc2)N2CCOCC2)cc1[N+](=O)[O-]. The molecule has 0 spiro atoms. The molecule has 3 rings (SSSR count). The molecule has 29 heavy (non-hydrogen) atoms. The molecule has 0 saturated carbocycles. The van der Waals surface area contributed by atoms with Crippen molar-refractivity contribution in [2.75, 3.05) is 39.5 Å². The maximum atomic E-state index is 12.7.